The summed E-state index contributed by atoms with van der Waals surface area (Å²) in [5.74, 6) is 0.136. The largest absolute Gasteiger partial charge is 0.399 e. The van der Waals surface area contributed by atoms with E-state index in [-0.39, 0.29) is 5.92 Å². The van der Waals surface area contributed by atoms with Gasteiger partial charge in [0.25, 0.3) is 0 Å². The second kappa shape index (κ2) is 10.1. The van der Waals surface area contributed by atoms with E-state index >= 15 is 0 Å². The molecule has 0 aliphatic carbocycles. The number of nitrogens with one attached hydrogen (secondary N) is 1. The lowest BCUT2D eigenvalue weighted by molar-refractivity contribution is 0.974. The van der Waals surface area contributed by atoms with Gasteiger partial charge >= 0.3 is 0 Å². The summed E-state index contributed by atoms with van der Waals surface area (Å²) in [5, 5.41) is 3.47. The lowest BCUT2D eigenvalue weighted by Crippen LogP contribution is -2.04. The van der Waals surface area contributed by atoms with Crippen molar-refractivity contribution >= 4 is 17.1 Å². The minimum Gasteiger partial charge on any atom is -0.399 e. The van der Waals surface area contributed by atoms with Crippen LogP contribution in [0.15, 0.2) is 133 Å². The molecule has 1 unspecified atom stereocenters. The first-order valence-corrected chi connectivity index (χ1v) is 11.6. The molecule has 0 radical (unpaired) electrons. The van der Waals surface area contributed by atoms with Gasteiger partial charge in [-0.15, -0.1) is 0 Å². The molecule has 0 saturated heterocycles. The van der Waals surface area contributed by atoms with E-state index in [2.05, 4.69) is 108 Å². The number of nitrogen functional groups attached to an aromatic ring is 1. The molecule has 0 saturated carbocycles. The fourth-order valence-corrected chi connectivity index (χ4v) is 4.37. The molecular weight excluding hydrogens is 412 g/mol. The van der Waals surface area contributed by atoms with E-state index in [9.17, 15) is 0 Å². The summed E-state index contributed by atoms with van der Waals surface area (Å²) in [4.78, 5) is 0. The molecule has 5 aromatic carbocycles. The van der Waals surface area contributed by atoms with E-state index in [1.54, 1.807) is 0 Å². The third kappa shape index (κ3) is 5.19. The first kappa shape index (κ1) is 21.5. The Labute approximate surface area is 201 Å². The Balaban J connectivity index is 1.43. The second-order valence-corrected chi connectivity index (χ2v) is 8.62. The predicted octanol–water partition coefficient (Wildman–Crippen LogP) is 7.78. The maximum absolute atomic E-state index is 5.98. The Morgan fingerprint density at radius 2 is 0.912 bits per heavy atom. The zero-order chi connectivity index (χ0) is 23.2. The summed E-state index contributed by atoms with van der Waals surface area (Å²) in [7, 11) is 0. The van der Waals surface area contributed by atoms with E-state index in [1.807, 2.05) is 30.3 Å². The van der Waals surface area contributed by atoms with Crippen LogP contribution in [0.3, 0.4) is 0 Å². The molecule has 3 N–H and O–H groups in total. The van der Waals surface area contributed by atoms with E-state index in [0.717, 1.165) is 23.5 Å². The van der Waals surface area contributed by atoms with Crippen LogP contribution in [-0.4, -0.2) is 0 Å². The zero-order valence-electron chi connectivity index (χ0n) is 19.1. The van der Waals surface area contributed by atoms with Gasteiger partial charge in [-0.25, -0.2) is 0 Å². The predicted molar refractivity (Wildman–Crippen MR) is 144 cm³/mol. The van der Waals surface area contributed by atoms with Crippen LogP contribution in [0.1, 0.15) is 33.7 Å². The number of para-hydroxylation sites is 1. The standard InChI is InChI=1S/C32H28N2/c33-29-19-15-27(16-20-29)32(26-13-11-25(12-14-26)23-24-7-3-1-4-8-24)28-17-21-31(22-18-28)34-30-9-5-2-6-10-30/h1-22,32,34H,23,33H2. The molecule has 1 atom stereocenters. The molecule has 0 aliphatic rings. The van der Waals surface area contributed by atoms with Gasteiger partial charge in [-0.1, -0.05) is 97.1 Å². The summed E-state index contributed by atoms with van der Waals surface area (Å²) in [6, 6.07) is 46.8. The van der Waals surface area contributed by atoms with Crippen LogP contribution in [0.4, 0.5) is 17.1 Å². The van der Waals surface area contributed by atoms with Crippen LogP contribution in [-0.2, 0) is 6.42 Å². The highest BCUT2D eigenvalue weighted by Crippen LogP contribution is 2.33. The highest BCUT2D eigenvalue weighted by Gasteiger charge is 2.17. The van der Waals surface area contributed by atoms with Crippen molar-refractivity contribution in [3.8, 4) is 0 Å². The Bertz CT molecular complexity index is 1220. The summed E-state index contributed by atoms with van der Waals surface area (Å²) in [5.41, 5.74) is 15.3. The Hall–Kier alpha value is -4.30. The molecule has 5 aromatic rings. The highest BCUT2D eigenvalue weighted by atomic mass is 14.9. The number of anilines is 3. The third-order valence-electron chi connectivity index (χ3n) is 6.14. The minimum atomic E-state index is 0.136. The van der Waals surface area contributed by atoms with E-state index in [0.29, 0.717) is 0 Å². The number of nitrogens with two attached hydrogens (primary N) is 1. The molecule has 166 valence electrons. The van der Waals surface area contributed by atoms with Gasteiger partial charge in [0.2, 0.25) is 0 Å². The Kier molecular flexibility index (Phi) is 6.40. The molecule has 0 fully saturated rings. The molecule has 2 heteroatoms. The van der Waals surface area contributed by atoms with Crippen molar-refractivity contribution in [1.82, 2.24) is 0 Å². The summed E-state index contributed by atoms with van der Waals surface area (Å²) >= 11 is 0. The van der Waals surface area contributed by atoms with E-state index in [4.69, 9.17) is 5.73 Å². The van der Waals surface area contributed by atoms with Crippen molar-refractivity contribution in [1.29, 1.82) is 0 Å². The van der Waals surface area contributed by atoms with Crippen LogP contribution in [0.25, 0.3) is 0 Å². The van der Waals surface area contributed by atoms with Crippen LogP contribution in [0, 0.1) is 0 Å². The normalized spacial score (nSPS) is 11.6. The van der Waals surface area contributed by atoms with Gasteiger partial charge in [-0.3, -0.25) is 0 Å². The van der Waals surface area contributed by atoms with Crippen molar-refractivity contribution in [3.63, 3.8) is 0 Å². The molecule has 0 aliphatic heterocycles. The molecule has 34 heavy (non-hydrogen) atoms. The van der Waals surface area contributed by atoms with Crippen LogP contribution in [0.2, 0.25) is 0 Å². The topological polar surface area (TPSA) is 38.0 Å². The van der Waals surface area contributed by atoms with Crippen molar-refractivity contribution in [2.75, 3.05) is 11.1 Å². The van der Waals surface area contributed by atoms with Gasteiger partial charge in [-0.2, -0.15) is 0 Å². The van der Waals surface area contributed by atoms with Crippen LogP contribution in [0.5, 0.6) is 0 Å². The number of hydrogen-bond acceptors (Lipinski definition) is 2. The molecule has 0 heterocycles. The van der Waals surface area contributed by atoms with E-state index in [1.165, 1.54) is 27.8 Å². The quantitative estimate of drug-likeness (QED) is 0.200. The monoisotopic (exact) mass is 440 g/mol. The van der Waals surface area contributed by atoms with Crippen LogP contribution >= 0.6 is 0 Å². The second-order valence-electron chi connectivity index (χ2n) is 8.62. The lowest BCUT2D eigenvalue weighted by Gasteiger charge is -2.20. The summed E-state index contributed by atoms with van der Waals surface area (Å²) in [6.07, 6.45) is 0.938. The van der Waals surface area contributed by atoms with Gasteiger partial charge in [0.05, 0.1) is 0 Å². The summed E-state index contributed by atoms with van der Waals surface area (Å²) < 4.78 is 0. The third-order valence-corrected chi connectivity index (χ3v) is 6.14. The van der Waals surface area contributed by atoms with Gasteiger partial charge in [0.1, 0.15) is 0 Å². The molecule has 2 nitrogen and oxygen atoms in total. The van der Waals surface area contributed by atoms with Gasteiger partial charge in [0, 0.05) is 23.0 Å². The fourth-order valence-electron chi connectivity index (χ4n) is 4.37. The Morgan fingerprint density at radius 1 is 0.471 bits per heavy atom. The van der Waals surface area contributed by atoms with Gasteiger partial charge < -0.3 is 11.1 Å². The maximum Gasteiger partial charge on any atom is 0.0384 e. The number of hydrogen-bond donors (Lipinski definition) is 2. The van der Waals surface area contributed by atoms with Crippen molar-refractivity contribution in [2.45, 2.75) is 12.3 Å². The van der Waals surface area contributed by atoms with Gasteiger partial charge in [0.15, 0.2) is 0 Å². The number of rotatable bonds is 7. The SMILES string of the molecule is Nc1ccc(C(c2ccc(Cc3ccccc3)cc2)c2ccc(Nc3ccccc3)cc2)cc1. The first-order valence-electron chi connectivity index (χ1n) is 11.6. The first-order chi connectivity index (χ1) is 16.7. The smallest absolute Gasteiger partial charge is 0.0384 e. The highest BCUT2D eigenvalue weighted by molar-refractivity contribution is 5.60. The lowest BCUT2D eigenvalue weighted by atomic mass is 9.84. The van der Waals surface area contributed by atoms with Gasteiger partial charge in [-0.05, 0) is 70.6 Å². The maximum atomic E-state index is 5.98. The van der Waals surface area contributed by atoms with Crippen molar-refractivity contribution < 1.29 is 0 Å². The van der Waals surface area contributed by atoms with Crippen molar-refractivity contribution in [3.05, 3.63) is 161 Å². The molecule has 0 aromatic heterocycles. The van der Waals surface area contributed by atoms with Crippen molar-refractivity contribution in [2.24, 2.45) is 0 Å². The van der Waals surface area contributed by atoms with E-state index < -0.39 is 0 Å². The Morgan fingerprint density at radius 3 is 1.50 bits per heavy atom. The average molecular weight is 441 g/mol. The molecular formula is C32H28N2. The fraction of sp³-hybridized carbons (Fsp3) is 0.0625. The summed E-state index contributed by atoms with van der Waals surface area (Å²) in [6.45, 7) is 0. The number of benzene rings is 5. The molecule has 0 bridgehead atoms. The zero-order valence-corrected chi connectivity index (χ0v) is 19.1. The molecule has 0 amide bonds. The molecule has 5 rings (SSSR count). The van der Waals surface area contributed by atoms with Crippen LogP contribution < -0.4 is 11.1 Å². The minimum absolute atomic E-state index is 0.136. The molecule has 0 spiro atoms. The average Bonchev–Trinajstić information content (AvgIpc) is 2.89.